The van der Waals surface area contributed by atoms with E-state index in [0.29, 0.717) is 5.56 Å². The van der Waals surface area contributed by atoms with E-state index < -0.39 is 79.5 Å². The Morgan fingerprint density at radius 1 is 1.05 bits per heavy atom. The van der Waals surface area contributed by atoms with Crippen LogP contribution in [0.25, 0.3) is 22.3 Å². The third kappa shape index (κ3) is 5.03. The lowest BCUT2D eigenvalue weighted by Crippen LogP contribution is -2.58. The van der Waals surface area contributed by atoms with Crippen molar-refractivity contribution in [3.05, 3.63) is 52.2 Å². The zero-order chi connectivity index (χ0) is 29.6. The van der Waals surface area contributed by atoms with E-state index >= 15 is 0 Å². The Balaban J connectivity index is 1.61. The molecule has 2 aromatic carbocycles. The van der Waals surface area contributed by atoms with Crippen LogP contribution >= 0.6 is 0 Å². The van der Waals surface area contributed by atoms with Gasteiger partial charge in [0, 0.05) is 17.7 Å². The molecular weight excluding hydrogens is 548 g/mol. The molecule has 222 valence electrons. The van der Waals surface area contributed by atoms with Crippen LogP contribution < -0.4 is 10.2 Å². The number of ether oxygens (including phenoxy) is 4. The molecule has 0 bridgehead atoms. The van der Waals surface area contributed by atoms with Gasteiger partial charge in [-0.05, 0) is 24.3 Å². The molecule has 3 aromatic rings. The van der Waals surface area contributed by atoms with E-state index in [0.717, 1.165) is 6.07 Å². The summed E-state index contributed by atoms with van der Waals surface area (Å²) in [6.45, 7) is -2.12. The van der Waals surface area contributed by atoms with Gasteiger partial charge in [0.05, 0.1) is 32.5 Å². The fourth-order valence-corrected chi connectivity index (χ4v) is 5.05. The van der Waals surface area contributed by atoms with E-state index in [9.17, 15) is 45.6 Å². The first kappa shape index (κ1) is 29.2. The van der Waals surface area contributed by atoms with E-state index in [-0.39, 0.29) is 33.8 Å². The summed E-state index contributed by atoms with van der Waals surface area (Å²) in [7, 11) is 1.25. The summed E-state index contributed by atoms with van der Waals surface area (Å²) in [6.07, 6.45) is -11.4. The number of fused-ring (bicyclic) bond motifs is 1. The average molecular weight is 579 g/mol. The lowest BCUT2D eigenvalue weighted by Gasteiger charge is -2.43. The molecule has 2 fully saturated rings. The maximum atomic E-state index is 13.2. The molecular formula is C27H30O14. The highest BCUT2D eigenvalue weighted by molar-refractivity contribution is 5.88. The molecule has 5 rings (SSSR count). The second kappa shape index (κ2) is 11.2. The highest BCUT2D eigenvalue weighted by Crippen LogP contribution is 2.46. The summed E-state index contributed by atoms with van der Waals surface area (Å²) in [6, 6.07) is 8.31. The molecule has 14 heteroatoms. The van der Waals surface area contributed by atoms with Gasteiger partial charge in [-0.25, -0.2) is 0 Å². The van der Waals surface area contributed by atoms with Crippen molar-refractivity contribution < 1.29 is 64.2 Å². The molecule has 0 spiro atoms. The van der Waals surface area contributed by atoms with Crippen LogP contribution in [0.15, 0.2) is 45.6 Å². The van der Waals surface area contributed by atoms with Crippen molar-refractivity contribution in [3.63, 3.8) is 0 Å². The average Bonchev–Trinajstić information content (AvgIpc) is 3.25. The van der Waals surface area contributed by atoms with Gasteiger partial charge in [-0.2, -0.15) is 0 Å². The molecule has 14 nitrogen and oxygen atoms in total. The maximum absolute atomic E-state index is 13.2. The molecule has 41 heavy (non-hydrogen) atoms. The molecule has 0 aliphatic carbocycles. The Labute approximate surface area is 231 Å². The zero-order valence-electron chi connectivity index (χ0n) is 21.7. The van der Waals surface area contributed by atoms with Gasteiger partial charge >= 0.3 is 0 Å². The minimum Gasteiger partial charge on any atom is -0.508 e. The summed E-state index contributed by atoms with van der Waals surface area (Å²) in [5.74, 6) is -0.603. The quantitative estimate of drug-likeness (QED) is 0.166. The Morgan fingerprint density at radius 2 is 1.76 bits per heavy atom. The molecule has 2 aliphatic rings. The van der Waals surface area contributed by atoms with E-state index in [1.807, 2.05) is 0 Å². The third-order valence-corrected chi connectivity index (χ3v) is 7.39. The molecule has 3 heterocycles. The fraction of sp³-hybridized carbons (Fsp3) is 0.444. The highest BCUT2D eigenvalue weighted by Gasteiger charge is 2.53. The van der Waals surface area contributed by atoms with Crippen LogP contribution in [0.5, 0.6) is 17.2 Å². The van der Waals surface area contributed by atoms with E-state index in [1.54, 1.807) is 0 Å². The van der Waals surface area contributed by atoms with Crippen molar-refractivity contribution in [1.82, 2.24) is 0 Å². The van der Waals surface area contributed by atoms with Crippen LogP contribution in [-0.4, -0.2) is 110 Å². The van der Waals surface area contributed by atoms with Gasteiger partial charge in [0.2, 0.25) is 0 Å². The fourth-order valence-electron chi connectivity index (χ4n) is 5.05. The minimum absolute atomic E-state index is 0.00940. The molecule has 0 amide bonds. The number of phenolic OH excluding ortho intramolecular Hbond substituents is 2. The van der Waals surface area contributed by atoms with Crippen molar-refractivity contribution in [2.75, 3.05) is 26.9 Å². The van der Waals surface area contributed by atoms with Crippen LogP contribution in [0.4, 0.5) is 0 Å². The largest absolute Gasteiger partial charge is 0.508 e. The predicted octanol–water partition coefficient (Wildman–Crippen LogP) is -1.14. The molecule has 2 saturated heterocycles. The van der Waals surface area contributed by atoms with Crippen molar-refractivity contribution in [2.24, 2.45) is 0 Å². The minimum atomic E-state index is -2.07. The number of aliphatic hydroxyl groups excluding tert-OH is 5. The number of aromatic hydroxyl groups is 2. The van der Waals surface area contributed by atoms with Gasteiger partial charge in [-0.1, -0.05) is 0 Å². The number of hydrogen-bond acceptors (Lipinski definition) is 14. The van der Waals surface area contributed by atoms with Gasteiger partial charge in [0.1, 0.15) is 76.2 Å². The maximum Gasteiger partial charge on any atom is 0.197 e. The topological polar surface area (TPSA) is 229 Å². The Morgan fingerprint density at radius 3 is 2.37 bits per heavy atom. The molecule has 1 aromatic heterocycles. The van der Waals surface area contributed by atoms with Gasteiger partial charge in [-0.3, -0.25) is 4.79 Å². The Kier molecular flexibility index (Phi) is 7.95. The molecule has 8 unspecified atom stereocenters. The van der Waals surface area contributed by atoms with Crippen LogP contribution in [-0.2, 0) is 14.2 Å². The lowest BCUT2D eigenvalue weighted by molar-refractivity contribution is -0.287. The van der Waals surface area contributed by atoms with Crippen LogP contribution in [0.3, 0.4) is 0 Å². The molecule has 0 saturated carbocycles. The van der Waals surface area contributed by atoms with Crippen LogP contribution in [0, 0.1) is 0 Å². The molecule has 0 radical (unpaired) electrons. The van der Waals surface area contributed by atoms with Gasteiger partial charge in [-0.15, -0.1) is 0 Å². The second-order valence-electron chi connectivity index (χ2n) is 9.98. The number of aliphatic hydroxyl groups is 6. The molecule has 2 aliphatic heterocycles. The van der Waals surface area contributed by atoms with Crippen LogP contribution in [0.2, 0.25) is 0 Å². The van der Waals surface area contributed by atoms with E-state index in [4.69, 9.17) is 23.4 Å². The van der Waals surface area contributed by atoms with Gasteiger partial charge in [0.15, 0.2) is 11.7 Å². The first-order valence-corrected chi connectivity index (χ1v) is 12.6. The first-order valence-electron chi connectivity index (χ1n) is 12.6. The standard InChI is InChI=1S/C27H30O14/c1-37-15-7-16-18(13(31)6-14(39-16)11-2-4-12(30)5-3-11)21(33)19(15)23-24(22(34)20(32)17(8-28)40-23)41-26-25(35)27(36,9-29)10-38-26/h2-7,17,20,22-26,28-30,32-36H,8-10H2,1H3. The van der Waals surface area contributed by atoms with Crippen molar-refractivity contribution >= 4 is 11.0 Å². The van der Waals surface area contributed by atoms with Crippen LogP contribution in [0.1, 0.15) is 11.7 Å². The normalized spacial score (nSPS) is 31.9. The smallest absolute Gasteiger partial charge is 0.197 e. The second-order valence-corrected chi connectivity index (χ2v) is 9.98. The van der Waals surface area contributed by atoms with Crippen molar-refractivity contribution in [2.45, 2.75) is 48.5 Å². The number of hydrogen-bond donors (Lipinski definition) is 8. The summed E-state index contributed by atoms with van der Waals surface area (Å²) >= 11 is 0. The van der Waals surface area contributed by atoms with Crippen molar-refractivity contribution in [1.29, 1.82) is 0 Å². The third-order valence-electron chi connectivity index (χ3n) is 7.39. The molecule has 8 atom stereocenters. The lowest BCUT2D eigenvalue weighted by atomic mass is 9.89. The Hall–Kier alpha value is -3.31. The predicted molar refractivity (Wildman–Crippen MR) is 137 cm³/mol. The number of phenols is 2. The number of methoxy groups -OCH3 is 1. The van der Waals surface area contributed by atoms with Crippen molar-refractivity contribution in [3.8, 4) is 28.6 Å². The summed E-state index contributed by atoms with van der Waals surface area (Å²) in [5.41, 5.74) is -2.54. The summed E-state index contributed by atoms with van der Waals surface area (Å²) in [5, 5.41) is 82.3. The van der Waals surface area contributed by atoms with E-state index in [1.165, 1.54) is 37.4 Å². The number of rotatable bonds is 7. The van der Waals surface area contributed by atoms with Gasteiger partial charge < -0.3 is 64.2 Å². The highest BCUT2D eigenvalue weighted by atomic mass is 16.7. The zero-order valence-corrected chi connectivity index (χ0v) is 21.7. The van der Waals surface area contributed by atoms with E-state index in [2.05, 4.69) is 0 Å². The van der Waals surface area contributed by atoms with Gasteiger partial charge in [0.25, 0.3) is 0 Å². The summed E-state index contributed by atoms with van der Waals surface area (Å²) < 4.78 is 28.2. The molecule has 8 N–H and O–H groups in total. The Bertz CT molecular complexity index is 1460. The monoisotopic (exact) mass is 578 g/mol. The summed E-state index contributed by atoms with van der Waals surface area (Å²) in [4.78, 5) is 13.2. The number of benzene rings is 2. The first-order chi connectivity index (χ1) is 19.5. The SMILES string of the molecule is COc1cc2oc(-c3ccc(O)cc3)cc(=O)c2c(O)c1C1OC(CO)C(O)C(O)C1OC1OCC(O)(CO)C1O.